The van der Waals surface area contributed by atoms with Crippen molar-refractivity contribution in [1.82, 2.24) is 10.2 Å². The second-order valence-corrected chi connectivity index (χ2v) is 3.03. The SMILES string of the molecule is O=C(O)C(=O)CC(=O)N1C(=O)CNCC1=O. The number of nitrogens with one attached hydrogen (secondary N) is 1. The molecule has 1 fully saturated rings. The number of ketones is 1. The van der Waals surface area contributed by atoms with Gasteiger partial charge in [-0.2, -0.15) is 0 Å². The lowest BCUT2D eigenvalue weighted by atomic mass is 10.2. The van der Waals surface area contributed by atoms with E-state index in [1.807, 2.05) is 0 Å². The molecule has 0 spiro atoms. The van der Waals surface area contributed by atoms with Gasteiger partial charge in [-0.15, -0.1) is 0 Å². The second kappa shape index (κ2) is 4.62. The van der Waals surface area contributed by atoms with E-state index >= 15 is 0 Å². The molecule has 0 aromatic rings. The zero-order valence-corrected chi connectivity index (χ0v) is 8.06. The van der Waals surface area contributed by atoms with E-state index in [4.69, 9.17) is 5.11 Å². The van der Waals surface area contributed by atoms with Crippen molar-refractivity contribution in [3.8, 4) is 0 Å². The maximum Gasteiger partial charge on any atom is 0.372 e. The minimum Gasteiger partial charge on any atom is -0.475 e. The van der Waals surface area contributed by atoms with Gasteiger partial charge >= 0.3 is 5.97 Å². The third-order valence-electron chi connectivity index (χ3n) is 1.85. The van der Waals surface area contributed by atoms with Gasteiger partial charge in [0, 0.05) is 0 Å². The lowest BCUT2D eigenvalue weighted by Gasteiger charge is -2.23. The van der Waals surface area contributed by atoms with E-state index in [0.717, 1.165) is 0 Å². The highest BCUT2D eigenvalue weighted by Crippen LogP contribution is 2.01. The van der Waals surface area contributed by atoms with Crippen LogP contribution in [-0.2, 0) is 24.0 Å². The minimum atomic E-state index is -1.77. The number of hydrogen-bond acceptors (Lipinski definition) is 6. The van der Waals surface area contributed by atoms with Gasteiger partial charge in [0.15, 0.2) is 0 Å². The van der Waals surface area contributed by atoms with Crippen molar-refractivity contribution in [1.29, 1.82) is 0 Å². The van der Waals surface area contributed by atoms with Gasteiger partial charge in [0.1, 0.15) is 0 Å². The van der Waals surface area contributed by atoms with E-state index in [9.17, 15) is 24.0 Å². The molecule has 8 nitrogen and oxygen atoms in total. The van der Waals surface area contributed by atoms with E-state index < -0.39 is 35.9 Å². The quantitative estimate of drug-likeness (QED) is 0.311. The predicted octanol–water partition coefficient (Wildman–Crippen LogP) is -2.48. The first kappa shape index (κ1) is 12.0. The third kappa shape index (κ3) is 2.48. The number of carbonyl (C=O) groups excluding carboxylic acids is 4. The van der Waals surface area contributed by atoms with Crippen molar-refractivity contribution < 1.29 is 29.1 Å². The van der Waals surface area contributed by atoms with E-state index in [0.29, 0.717) is 4.90 Å². The molecule has 2 N–H and O–H groups in total. The molecule has 16 heavy (non-hydrogen) atoms. The van der Waals surface area contributed by atoms with Crippen molar-refractivity contribution in [3.05, 3.63) is 0 Å². The number of piperazine rings is 1. The van der Waals surface area contributed by atoms with Crippen molar-refractivity contribution >= 4 is 29.5 Å². The van der Waals surface area contributed by atoms with Crippen LogP contribution in [0.4, 0.5) is 0 Å². The van der Waals surface area contributed by atoms with Crippen molar-refractivity contribution in [2.75, 3.05) is 13.1 Å². The van der Waals surface area contributed by atoms with E-state index in [-0.39, 0.29) is 13.1 Å². The molecular formula is C8H8N2O6. The Morgan fingerprint density at radius 3 is 2.12 bits per heavy atom. The van der Waals surface area contributed by atoms with Crippen LogP contribution in [0.15, 0.2) is 0 Å². The number of Topliss-reactive ketones (excluding diaryl/α,β-unsaturated/α-hetero) is 1. The number of carbonyl (C=O) groups is 5. The smallest absolute Gasteiger partial charge is 0.372 e. The van der Waals surface area contributed by atoms with Crippen LogP contribution in [0.3, 0.4) is 0 Å². The molecule has 1 saturated heterocycles. The van der Waals surface area contributed by atoms with Crippen LogP contribution >= 0.6 is 0 Å². The van der Waals surface area contributed by atoms with E-state index in [1.165, 1.54) is 0 Å². The van der Waals surface area contributed by atoms with Crippen LogP contribution < -0.4 is 5.32 Å². The molecule has 3 amide bonds. The Hall–Kier alpha value is -2.09. The average molecular weight is 228 g/mol. The van der Waals surface area contributed by atoms with Gasteiger partial charge in [-0.25, -0.2) is 9.69 Å². The van der Waals surface area contributed by atoms with Crippen molar-refractivity contribution in [2.45, 2.75) is 6.42 Å². The topological polar surface area (TPSA) is 121 Å². The molecule has 0 aromatic carbocycles. The van der Waals surface area contributed by atoms with Gasteiger partial charge in [-0.3, -0.25) is 24.5 Å². The molecule has 0 aromatic heterocycles. The van der Waals surface area contributed by atoms with Crippen LogP contribution in [0.5, 0.6) is 0 Å². The van der Waals surface area contributed by atoms with Gasteiger partial charge < -0.3 is 5.11 Å². The Labute approximate surface area is 89.2 Å². The average Bonchev–Trinajstić information content (AvgIpc) is 2.16. The molecule has 8 heteroatoms. The number of carboxylic acids is 1. The van der Waals surface area contributed by atoms with Crippen LogP contribution in [0.1, 0.15) is 6.42 Å². The van der Waals surface area contributed by atoms with Crippen molar-refractivity contribution in [3.63, 3.8) is 0 Å². The Kier molecular flexibility index (Phi) is 3.46. The summed E-state index contributed by atoms with van der Waals surface area (Å²) in [6.07, 6.45) is -0.993. The lowest BCUT2D eigenvalue weighted by molar-refractivity contribution is -0.158. The number of aliphatic carboxylic acids is 1. The fourth-order valence-corrected chi connectivity index (χ4v) is 1.14. The maximum atomic E-state index is 11.3. The molecule has 1 heterocycles. The van der Waals surface area contributed by atoms with Crippen LogP contribution in [0.25, 0.3) is 0 Å². The van der Waals surface area contributed by atoms with Gasteiger partial charge in [0.25, 0.3) is 0 Å². The fraction of sp³-hybridized carbons (Fsp3) is 0.375. The summed E-state index contributed by atoms with van der Waals surface area (Å²) >= 11 is 0. The van der Waals surface area contributed by atoms with Crippen molar-refractivity contribution in [2.24, 2.45) is 0 Å². The molecule has 1 aliphatic rings. The molecule has 0 radical (unpaired) electrons. The highest BCUT2D eigenvalue weighted by atomic mass is 16.4. The normalized spacial score (nSPS) is 16.1. The highest BCUT2D eigenvalue weighted by Gasteiger charge is 2.33. The van der Waals surface area contributed by atoms with Gasteiger partial charge in [0.05, 0.1) is 19.5 Å². The summed E-state index contributed by atoms with van der Waals surface area (Å²) in [7, 11) is 0. The number of rotatable bonds is 3. The number of carboxylic acid groups (broad SMARTS) is 1. The summed E-state index contributed by atoms with van der Waals surface area (Å²) < 4.78 is 0. The molecule has 0 saturated carbocycles. The lowest BCUT2D eigenvalue weighted by Crippen LogP contribution is -2.54. The first-order chi connectivity index (χ1) is 7.43. The maximum absolute atomic E-state index is 11.3. The highest BCUT2D eigenvalue weighted by molar-refractivity contribution is 6.37. The summed E-state index contributed by atoms with van der Waals surface area (Å²) in [5.74, 6) is -5.82. The van der Waals surface area contributed by atoms with Crippen LogP contribution in [0.2, 0.25) is 0 Å². The fourth-order valence-electron chi connectivity index (χ4n) is 1.14. The largest absolute Gasteiger partial charge is 0.475 e. The van der Waals surface area contributed by atoms with Gasteiger partial charge in [0.2, 0.25) is 23.5 Å². The molecule has 0 atom stereocenters. The molecule has 86 valence electrons. The second-order valence-electron chi connectivity index (χ2n) is 3.03. The summed E-state index contributed by atoms with van der Waals surface area (Å²) in [6, 6.07) is 0. The number of amides is 3. The minimum absolute atomic E-state index is 0.196. The zero-order chi connectivity index (χ0) is 12.3. The Bertz CT molecular complexity index is 372. The van der Waals surface area contributed by atoms with E-state index in [1.54, 1.807) is 0 Å². The molecule has 1 aliphatic heterocycles. The molecular weight excluding hydrogens is 220 g/mol. The molecule has 0 bridgehead atoms. The first-order valence-electron chi connectivity index (χ1n) is 4.29. The monoisotopic (exact) mass is 228 g/mol. The Morgan fingerprint density at radius 2 is 1.69 bits per heavy atom. The number of hydrogen-bond donors (Lipinski definition) is 2. The molecule has 0 unspecified atom stereocenters. The predicted molar refractivity (Wildman–Crippen MR) is 47.0 cm³/mol. The van der Waals surface area contributed by atoms with Crippen LogP contribution in [0, 0.1) is 0 Å². The standard InChI is InChI=1S/C8H8N2O6/c11-4(8(15)16)1-5(12)10-6(13)2-9-3-7(10)14/h9H,1-3H2,(H,15,16). The van der Waals surface area contributed by atoms with Gasteiger partial charge in [-0.1, -0.05) is 0 Å². The first-order valence-corrected chi connectivity index (χ1v) is 4.29. The van der Waals surface area contributed by atoms with Crippen LogP contribution in [-0.4, -0.2) is 52.6 Å². The third-order valence-corrected chi connectivity index (χ3v) is 1.85. The summed E-state index contributed by atoms with van der Waals surface area (Å²) in [4.78, 5) is 54.8. The van der Waals surface area contributed by atoms with Gasteiger partial charge in [-0.05, 0) is 0 Å². The molecule has 1 rings (SSSR count). The Morgan fingerprint density at radius 1 is 1.19 bits per heavy atom. The zero-order valence-electron chi connectivity index (χ0n) is 8.06. The summed E-state index contributed by atoms with van der Waals surface area (Å²) in [5.41, 5.74) is 0. The molecule has 0 aliphatic carbocycles. The Balaban J connectivity index is 2.72. The van der Waals surface area contributed by atoms with E-state index in [2.05, 4.69) is 5.32 Å². The number of imide groups is 3. The number of nitrogens with zero attached hydrogens (tertiary/aromatic N) is 1. The summed E-state index contributed by atoms with van der Waals surface area (Å²) in [6.45, 7) is -0.391. The summed E-state index contributed by atoms with van der Waals surface area (Å²) in [5, 5.41) is 10.7.